The molecule has 0 aliphatic rings. The molecule has 0 radical (unpaired) electrons. The molecule has 1 aromatic carbocycles. The summed E-state index contributed by atoms with van der Waals surface area (Å²) >= 11 is 5.65. The molecule has 0 saturated carbocycles. The zero-order chi connectivity index (χ0) is 13.0. The van der Waals surface area contributed by atoms with Gasteiger partial charge in [-0.1, -0.05) is 29.8 Å². The second kappa shape index (κ2) is 5.60. The molecule has 0 aliphatic heterocycles. The molecular formula is C13H12ClN3O. The number of carbonyl (C=O) groups is 1. The molecule has 0 spiro atoms. The van der Waals surface area contributed by atoms with Gasteiger partial charge in [0.25, 0.3) is 5.91 Å². The number of amides is 1. The van der Waals surface area contributed by atoms with Gasteiger partial charge in [0.2, 0.25) is 0 Å². The van der Waals surface area contributed by atoms with Crippen LogP contribution in [0.15, 0.2) is 42.7 Å². The largest absolute Gasteiger partial charge is 0.307 e. The van der Waals surface area contributed by atoms with Crippen molar-refractivity contribution in [1.29, 1.82) is 0 Å². The Morgan fingerprint density at radius 3 is 2.50 bits per heavy atom. The maximum Gasteiger partial charge on any atom is 0.278 e. The number of nitrogens with zero attached hydrogens (tertiary/aromatic N) is 3. The van der Waals surface area contributed by atoms with Crippen molar-refractivity contribution in [1.82, 2.24) is 9.97 Å². The first-order valence-electron chi connectivity index (χ1n) is 5.57. The van der Waals surface area contributed by atoms with Crippen LogP contribution < -0.4 is 4.90 Å². The van der Waals surface area contributed by atoms with Crippen molar-refractivity contribution in [2.24, 2.45) is 0 Å². The Kier molecular flexibility index (Phi) is 3.89. The lowest BCUT2D eigenvalue weighted by Crippen LogP contribution is -2.31. The summed E-state index contributed by atoms with van der Waals surface area (Å²) in [6.45, 7) is 2.47. The second-order valence-corrected chi connectivity index (χ2v) is 4.00. The number of aromatic nitrogens is 2. The van der Waals surface area contributed by atoms with Gasteiger partial charge in [-0.15, -0.1) is 0 Å². The standard InChI is InChI=1S/C13H12ClN3O/c1-2-17(10-6-4-3-5-7-10)13(18)11-8-16-12(14)9-15-11/h3-9H,2H2,1H3. The van der Waals surface area contributed by atoms with Crippen molar-refractivity contribution >= 4 is 23.2 Å². The van der Waals surface area contributed by atoms with Crippen molar-refractivity contribution in [3.63, 3.8) is 0 Å². The van der Waals surface area contributed by atoms with Gasteiger partial charge in [-0.2, -0.15) is 0 Å². The van der Waals surface area contributed by atoms with E-state index in [0.717, 1.165) is 5.69 Å². The monoisotopic (exact) mass is 261 g/mol. The van der Waals surface area contributed by atoms with Crippen LogP contribution in [0.3, 0.4) is 0 Å². The summed E-state index contributed by atoms with van der Waals surface area (Å²) in [4.78, 5) is 21.8. The van der Waals surface area contributed by atoms with E-state index in [4.69, 9.17) is 11.6 Å². The SMILES string of the molecule is CCN(C(=O)c1cnc(Cl)cn1)c1ccccc1. The van der Waals surface area contributed by atoms with Crippen molar-refractivity contribution in [3.05, 3.63) is 53.6 Å². The first kappa shape index (κ1) is 12.5. The highest BCUT2D eigenvalue weighted by molar-refractivity contribution is 6.29. The Bertz CT molecular complexity index is 528. The Morgan fingerprint density at radius 1 is 1.22 bits per heavy atom. The van der Waals surface area contributed by atoms with Gasteiger partial charge in [0.15, 0.2) is 0 Å². The van der Waals surface area contributed by atoms with Gasteiger partial charge in [0.05, 0.1) is 12.4 Å². The summed E-state index contributed by atoms with van der Waals surface area (Å²) in [7, 11) is 0. The number of benzene rings is 1. The number of hydrogen-bond acceptors (Lipinski definition) is 3. The fourth-order valence-corrected chi connectivity index (χ4v) is 1.71. The fourth-order valence-electron chi connectivity index (χ4n) is 1.61. The molecule has 0 N–H and O–H groups in total. The Labute approximate surface area is 110 Å². The maximum absolute atomic E-state index is 12.3. The molecule has 1 heterocycles. The minimum absolute atomic E-state index is 0.187. The molecule has 0 atom stereocenters. The zero-order valence-corrected chi connectivity index (χ0v) is 10.6. The second-order valence-electron chi connectivity index (χ2n) is 3.61. The Balaban J connectivity index is 2.28. The number of para-hydroxylation sites is 1. The van der Waals surface area contributed by atoms with E-state index in [9.17, 15) is 4.79 Å². The van der Waals surface area contributed by atoms with Gasteiger partial charge in [-0.25, -0.2) is 9.97 Å². The topological polar surface area (TPSA) is 46.1 Å². The number of carbonyl (C=O) groups excluding carboxylic acids is 1. The van der Waals surface area contributed by atoms with Crippen LogP contribution in [0.4, 0.5) is 5.69 Å². The molecule has 0 saturated heterocycles. The summed E-state index contributed by atoms with van der Waals surface area (Å²) in [5, 5.41) is 0.273. The van der Waals surface area contributed by atoms with Gasteiger partial charge in [-0.3, -0.25) is 4.79 Å². The van der Waals surface area contributed by atoms with Gasteiger partial charge in [0.1, 0.15) is 10.8 Å². The van der Waals surface area contributed by atoms with Crippen LogP contribution in [0.1, 0.15) is 17.4 Å². The highest BCUT2D eigenvalue weighted by Crippen LogP contribution is 2.15. The molecule has 4 nitrogen and oxygen atoms in total. The number of hydrogen-bond donors (Lipinski definition) is 0. The van der Waals surface area contributed by atoms with Crippen molar-refractivity contribution in [2.75, 3.05) is 11.4 Å². The Hall–Kier alpha value is -1.94. The van der Waals surface area contributed by atoms with Crippen LogP contribution in [-0.4, -0.2) is 22.4 Å². The van der Waals surface area contributed by atoms with Crippen LogP contribution in [0.5, 0.6) is 0 Å². The molecule has 5 heteroatoms. The minimum atomic E-state index is -0.187. The third kappa shape index (κ3) is 2.65. The van der Waals surface area contributed by atoms with E-state index in [1.165, 1.54) is 12.4 Å². The molecule has 0 bridgehead atoms. The van der Waals surface area contributed by atoms with Crippen LogP contribution in [0.25, 0.3) is 0 Å². The quantitative estimate of drug-likeness (QED) is 0.854. The van der Waals surface area contributed by atoms with E-state index in [1.54, 1.807) is 4.90 Å². The lowest BCUT2D eigenvalue weighted by atomic mass is 10.2. The molecular weight excluding hydrogens is 250 g/mol. The van der Waals surface area contributed by atoms with Crippen molar-refractivity contribution in [2.45, 2.75) is 6.92 Å². The van der Waals surface area contributed by atoms with E-state index in [1.807, 2.05) is 37.3 Å². The molecule has 1 aromatic heterocycles. The van der Waals surface area contributed by atoms with Gasteiger partial charge < -0.3 is 4.90 Å². The van der Waals surface area contributed by atoms with Crippen LogP contribution >= 0.6 is 11.6 Å². The molecule has 0 fully saturated rings. The van der Waals surface area contributed by atoms with Crippen molar-refractivity contribution < 1.29 is 4.79 Å². The van der Waals surface area contributed by atoms with E-state index in [0.29, 0.717) is 6.54 Å². The first-order chi connectivity index (χ1) is 8.72. The summed E-state index contributed by atoms with van der Waals surface area (Å²) in [6, 6.07) is 9.44. The van der Waals surface area contributed by atoms with E-state index in [2.05, 4.69) is 9.97 Å². The average Bonchev–Trinajstić information content (AvgIpc) is 2.41. The zero-order valence-electron chi connectivity index (χ0n) is 9.88. The highest BCUT2D eigenvalue weighted by Gasteiger charge is 2.17. The molecule has 92 valence electrons. The highest BCUT2D eigenvalue weighted by atomic mass is 35.5. The van der Waals surface area contributed by atoms with E-state index < -0.39 is 0 Å². The van der Waals surface area contributed by atoms with Crippen molar-refractivity contribution in [3.8, 4) is 0 Å². The molecule has 2 aromatic rings. The normalized spacial score (nSPS) is 10.1. The predicted octanol–water partition coefficient (Wildman–Crippen LogP) is 2.80. The minimum Gasteiger partial charge on any atom is -0.307 e. The summed E-state index contributed by atoms with van der Waals surface area (Å²) in [6.07, 6.45) is 2.75. The summed E-state index contributed by atoms with van der Waals surface area (Å²) in [5.74, 6) is -0.187. The fraction of sp³-hybridized carbons (Fsp3) is 0.154. The Morgan fingerprint density at radius 2 is 1.94 bits per heavy atom. The third-order valence-electron chi connectivity index (χ3n) is 2.47. The number of halogens is 1. The number of rotatable bonds is 3. The maximum atomic E-state index is 12.3. The third-order valence-corrected chi connectivity index (χ3v) is 2.66. The predicted molar refractivity (Wildman–Crippen MR) is 70.8 cm³/mol. The summed E-state index contributed by atoms with van der Waals surface area (Å²) in [5.41, 5.74) is 1.12. The molecule has 18 heavy (non-hydrogen) atoms. The smallest absolute Gasteiger partial charge is 0.278 e. The van der Waals surface area contributed by atoms with Crippen LogP contribution in [0.2, 0.25) is 5.15 Å². The number of anilines is 1. The first-order valence-corrected chi connectivity index (χ1v) is 5.94. The lowest BCUT2D eigenvalue weighted by Gasteiger charge is -2.20. The van der Waals surface area contributed by atoms with Crippen LogP contribution in [0, 0.1) is 0 Å². The van der Waals surface area contributed by atoms with Gasteiger partial charge in [-0.05, 0) is 19.1 Å². The molecule has 2 rings (SSSR count). The molecule has 1 amide bonds. The van der Waals surface area contributed by atoms with E-state index in [-0.39, 0.29) is 16.8 Å². The lowest BCUT2D eigenvalue weighted by molar-refractivity contribution is 0.0983. The van der Waals surface area contributed by atoms with Gasteiger partial charge in [0, 0.05) is 12.2 Å². The molecule has 0 aliphatic carbocycles. The average molecular weight is 262 g/mol. The van der Waals surface area contributed by atoms with Gasteiger partial charge >= 0.3 is 0 Å². The molecule has 0 unspecified atom stereocenters. The summed E-state index contributed by atoms with van der Waals surface area (Å²) < 4.78 is 0. The van der Waals surface area contributed by atoms with Crippen LogP contribution in [-0.2, 0) is 0 Å². The van der Waals surface area contributed by atoms with E-state index >= 15 is 0 Å².